The Morgan fingerprint density at radius 3 is 2.31 bits per heavy atom. The molecule has 2 saturated carbocycles. The van der Waals surface area contributed by atoms with Gasteiger partial charge in [0.05, 0.1) is 60.4 Å². The molecule has 3 amide bonds. The summed E-state index contributed by atoms with van der Waals surface area (Å²) in [6, 6.07) is 7.67. The van der Waals surface area contributed by atoms with Crippen LogP contribution in [0.5, 0.6) is 5.75 Å². The van der Waals surface area contributed by atoms with Crippen molar-refractivity contribution in [2.75, 3.05) is 6.54 Å². The Kier molecular flexibility index (Phi) is 15.3. The van der Waals surface area contributed by atoms with Crippen molar-refractivity contribution in [2.24, 2.45) is 0 Å². The first-order chi connectivity index (χ1) is 33.6. The maximum absolute atomic E-state index is 13.6. The molecular formula is C47H59N11O12. The monoisotopic (exact) mass is 969 g/mol. The summed E-state index contributed by atoms with van der Waals surface area (Å²) in [6.07, 6.45) is 2.60. The smallest absolute Gasteiger partial charge is 0.364 e. The van der Waals surface area contributed by atoms with Gasteiger partial charge in [-0.1, -0.05) is 60.7 Å². The fourth-order valence-corrected chi connectivity index (χ4v) is 9.70. The van der Waals surface area contributed by atoms with E-state index in [1.807, 2.05) is 0 Å². The molecule has 8 atom stereocenters. The van der Waals surface area contributed by atoms with Crippen molar-refractivity contribution in [1.29, 1.82) is 0 Å². The topological polar surface area (TPSA) is 320 Å². The number of nitrogens with one attached hydrogen (secondary N) is 3. The maximum atomic E-state index is 13.6. The number of aromatic hydroxyl groups is 1. The number of aliphatic carboxylic acids is 1. The zero-order valence-corrected chi connectivity index (χ0v) is 38.9. The molecule has 5 aromatic rings. The van der Waals surface area contributed by atoms with E-state index in [0.717, 1.165) is 37.8 Å². The third-order valence-electron chi connectivity index (χ3n) is 13.4. The van der Waals surface area contributed by atoms with Crippen molar-refractivity contribution in [3.63, 3.8) is 0 Å². The summed E-state index contributed by atoms with van der Waals surface area (Å²) < 4.78 is 16.3. The summed E-state index contributed by atoms with van der Waals surface area (Å²) in [6.45, 7) is 2.01. The number of phenolic OH excluding ortho intramolecular Hbond substituents is 1. The molecule has 3 aromatic heterocycles. The first-order valence-corrected chi connectivity index (χ1v) is 23.6. The Hall–Kier alpha value is -6.66. The number of amides is 3. The predicted molar refractivity (Wildman–Crippen MR) is 246 cm³/mol. The molecule has 2 aromatic carbocycles. The first-order valence-electron chi connectivity index (χ1n) is 23.6. The Morgan fingerprint density at radius 2 is 1.57 bits per heavy atom. The van der Waals surface area contributed by atoms with Gasteiger partial charge in [-0.05, 0) is 68.9 Å². The number of aromatic nitrogens is 8. The summed E-state index contributed by atoms with van der Waals surface area (Å²) >= 11 is 0. The molecule has 2 aliphatic carbocycles. The van der Waals surface area contributed by atoms with Crippen molar-refractivity contribution in [3.8, 4) is 5.75 Å². The minimum absolute atomic E-state index is 0.00112. The van der Waals surface area contributed by atoms with Crippen molar-refractivity contribution >= 4 is 34.5 Å². The van der Waals surface area contributed by atoms with Gasteiger partial charge in [0.1, 0.15) is 36.7 Å². The lowest BCUT2D eigenvalue weighted by Crippen LogP contribution is -2.69. The molecule has 3 aliphatic rings. The molecule has 23 nitrogen and oxygen atoms in total. The zero-order chi connectivity index (χ0) is 49.7. The molecule has 8 N–H and O–H groups in total. The van der Waals surface area contributed by atoms with Gasteiger partial charge in [0, 0.05) is 36.0 Å². The van der Waals surface area contributed by atoms with E-state index in [4.69, 9.17) is 9.47 Å². The number of nitrogens with zero attached hydrogens (tertiary/aromatic N) is 8. The van der Waals surface area contributed by atoms with E-state index in [2.05, 4.69) is 41.7 Å². The fraction of sp³-hybridized carbons (Fsp3) is 0.532. The molecule has 4 heterocycles. The Balaban J connectivity index is 0.965. The summed E-state index contributed by atoms with van der Waals surface area (Å²) in [5.41, 5.74) is 1.84. The van der Waals surface area contributed by atoms with Crippen LogP contribution in [0.15, 0.2) is 59.8 Å². The number of rotatable bonds is 17. The minimum Gasteiger partial charge on any atom is -0.507 e. The number of aliphatic hydroxyl groups excluding tert-OH is 3. The number of benzene rings is 2. The van der Waals surface area contributed by atoms with Crippen LogP contribution < -0.4 is 21.5 Å². The largest absolute Gasteiger partial charge is 0.507 e. The number of phenols is 1. The van der Waals surface area contributed by atoms with Crippen molar-refractivity contribution < 1.29 is 54.2 Å². The molecule has 0 bridgehead atoms. The maximum Gasteiger partial charge on any atom is 0.364 e. The van der Waals surface area contributed by atoms with Gasteiger partial charge in [-0.25, -0.2) is 18.8 Å². The fourth-order valence-electron chi connectivity index (χ4n) is 9.70. The number of aliphatic hydroxyl groups is 3. The highest BCUT2D eigenvalue weighted by Gasteiger charge is 2.57. The van der Waals surface area contributed by atoms with Gasteiger partial charge in [0.25, 0.3) is 17.3 Å². The van der Waals surface area contributed by atoms with Gasteiger partial charge >= 0.3 is 5.97 Å². The molecule has 8 rings (SSSR count). The molecule has 3 fully saturated rings. The lowest BCUT2D eigenvalue weighted by Gasteiger charge is -2.48. The van der Waals surface area contributed by atoms with Crippen molar-refractivity contribution in [3.05, 3.63) is 93.4 Å². The zero-order valence-electron chi connectivity index (χ0n) is 38.9. The number of carboxylic acid groups (broad SMARTS) is 1. The van der Waals surface area contributed by atoms with Gasteiger partial charge in [-0.15, -0.1) is 10.2 Å². The third kappa shape index (κ3) is 11.3. The molecule has 23 heteroatoms. The number of ether oxygens (including phenoxy) is 2. The molecule has 1 saturated heterocycles. The van der Waals surface area contributed by atoms with E-state index in [1.54, 1.807) is 50.5 Å². The second-order valence-corrected chi connectivity index (χ2v) is 18.6. The van der Waals surface area contributed by atoms with E-state index in [1.165, 1.54) is 32.4 Å². The number of carbonyl (C=O) groups excluding carboxylic acids is 3. The number of hydrogen-bond acceptors (Lipinski definition) is 16. The van der Waals surface area contributed by atoms with E-state index >= 15 is 0 Å². The Bertz CT molecular complexity index is 2730. The van der Waals surface area contributed by atoms with Gasteiger partial charge in [0.15, 0.2) is 0 Å². The molecule has 374 valence electrons. The van der Waals surface area contributed by atoms with Crippen molar-refractivity contribution in [1.82, 2.24) is 55.7 Å². The number of carbonyl (C=O) groups is 4. The van der Waals surface area contributed by atoms with Gasteiger partial charge in [-0.2, -0.15) is 5.10 Å². The van der Waals surface area contributed by atoms with Crippen LogP contribution in [0.2, 0.25) is 0 Å². The summed E-state index contributed by atoms with van der Waals surface area (Å²) in [5, 5.41) is 85.9. The normalized spacial score (nSPS) is 23.9. The number of fused-ring (bicyclic) bond motifs is 1. The predicted octanol–water partition coefficient (Wildman–Crippen LogP) is 0.709. The second kappa shape index (κ2) is 21.5. The highest BCUT2D eigenvalue weighted by Crippen LogP contribution is 2.37. The minimum atomic E-state index is -2.67. The molecule has 0 unspecified atom stereocenters. The second-order valence-electron chi connectivity index (χ2n) is 18.6. The number of hydrogen-bond donors (Lipinski definition) is 8. The van der Waals surface area contributed by atoms with Gasteiger partial charge in [0.2, 0.25) is 11.8 Å². The SMILES string of the molecule is Cc1cc(C(=O)NC[C@@H](O)[C@@H](O)[C@@H]2O[C@@](O[C@@H]3CCCC[C@H]3NC(=O)Cn3cc(Cn4ncc5ccccc5c4=O)nn3)(C(=O)O)C[C@H](O)[C@H]2NC(=O)Cn2cc(C3CCCCC3)nn2)cc(C)c1O. The lowest BCUT2D eigenvalue weighted by molar-refractivity contribution is -0.325. The third-order valence-corrected chi connectivity index (χ3v) is 13.4. The molecular weight excluding hydrogens is 911 g/mol. The highest BCUT2D eigenvalue weighted by molar-refractivity contribution is 5.95. The van der Waals surface area contributed by atoms with E-state index < -0.39 is 85.0 Å². The molecule has 1 aliphatic heterocycles. The van der Waals surface area contributed by atoms with Crippen LogP contribution in [-0.4, -0.2) is 144 Å². The van der Waals surface area contributed by atoms with Crippen LogP contribution in [0, 0.1) is 13.8 Å². The van der Waals surface area contributed by atoms with Crippen LogP contribution in [0.4, 0.5) is 0 Å². The molecule has 0 radical (unpaired) electrons. The van der Waals surface area contributed by atoms with Crippen LogP contribution in [0.1, 0.15) is 103 Å². The molecule has 70 heavy (non-hydrogen) atoms. The average Bonchev–Trinajstić information content (AvgIpc) is 4.01. The van der Waals surface area contributed by atoms with Gasteiger partial charge < -0.3 is 51.0 Å². The van der Waals surface area contributed by atoms with Crippen molar-refractivity contribution in [2.45, 2.75) is 152 Å². The van der Waals surface area contributed by atoms with E-state index in [0.29, 0.717) is 46.9 Å². The Labute approximate surface area is 401 Å². The standard InChI is InChI=1S/C47H59N11O12/c1-26-16-30(17-27(2)41(26)63)44(65)48-20-36(60)42(64)43-40(51-39(62)25-57-23-34(53-55-57)28-10-4-3-5-11-28)35(59)18-47(70-43,46(67)68)69-37-15-9-8-14-33(37)50-38(61)24-56-21-31(52-54-56)22-58-45(66)32-13-7-6-12-29(32)19-49-58/h6-7,12-13,16-17,19,21,23,28,33,35-37,40,42-43,59-60,63-64H,3-5,8-11,14-15,18,20,22,24-25H2,1-2H3,(H,48,65)(H,50,61)(H,51,62)(H,67,68)/t33-,35+,36-,37-,40-,42-,43-,47-/m1/s1. The Morgan fingerprint density at radius 1 is 0.900 bits per heavy atom. The summed E-state index contributed by atoms with van der Waals surface area (Å²) in [5.74, 6) is -5.98. The quantitative estimate of drug-likeness (QED) is 0.0636. The van der Waals surface area contributed by atoms with Crippen LogP contribution in [0.3, 0.4) is 0 Å². The summed E-state index contributed by atoms with van der Waals surface area (Å²) in [7, 11) is 0. The average molecular weight is 970 g/mol. The lowest BCUT2D eigenvalue weighted by atomic mass is 9.87. The highest BCUT2D eigenvalue weighted by atomic mass is 16.7. The molecule has 0 spiro atoms. The first kappa shape index (κ1) is 49.8. The van der Waals surface area contributed by atoms with E-state index in [9.17, 15) is 49.5 Å². The number of carboxylic acids is 1. The number of aryl methyl sites for hydroxylation is 2. The van der Waals surface area contributed by atoms with Crippen LogP contribution in [-0.2, 0) is 43.5 Å². The van der Waals surface area contributed by atoms with Crippen LogP contribution in [0.25, 0.3) is 10.8 Å². The summed E-state index contributed by atoms with van der Waals surface area (Å²) in [4.78, 5) is 66.7. The van der Waals surface area contributed by atoms with Gasteiger partial charge in [-0.3, -0.25) is 19.2 Å². The van der Waals surface area contributed by atoms with Crippen LogP contribution >= 0.6 is 0 Å². The van der Waals surface area contributed by atoms with E-state index in [-0.39, 0.29) is 48.8 Å².